The maximum atomic E-state index is 13.8. The molecule has 0 aliphatic rings. The zero-order valence-corrected chi connectivity index (χ0v) is 11.0. The largest absolute Gasteiger partial charge is 0.317 e. The molecular weight excluding hydrogens is 220 g/mol. The highest BCUT2D eigenvalue weighted by atomic mass is 19.1. The number of nitrogens with one attached hydrogen (secondary N) is 1. The van der Waals surface area contributed by atoms with Crippen molar-refractivity contribution >= 4 is 0 Å². The maximum absolute atomic E-state index is 13.8. The standard InChI is InChI=1S/C14H21F2N/c1-5-17-7-6-14(3,4)11-8-10(2)12(15)9-13(11)16/h8-9,17H,5-7H2,1-4H3. The van der Waals surface area contributed by atoms with Gasteiger partial charge in [0.25, 0.3) is 0 Å². The molecule has 0 saturated carbocycles. The summed E-state index contributed by atoms with van der Waals surface area (Å²) in [5.41, 5.74) is 0.803. The van der Waals surface area contributed by atoms with Crippen LogP contribution >= 0.6 is 0 Å². The normalized spacial score (nSPS) is 11.9. The van der Waals surface area contributed by atoms with Gasteiger partial charge in [-0.1, -0.05) is 20.8 Å². The monoisotopic (exact) mass is 241 g/mol. The van der Waals surface area contributed by atoms with Crippen LogP contribution in [0.1, 0.15) is 38.3 Å². The van der Waals surface area contributed by atoms with Crippen molar-refractivity contribution in [2.24, 2.45) is 0 Å². The van der Waals surface area contributed by atoms with Crippen LogP contribution in [0, 0.1) is 18.6 Å². The second-order valence-corrected chi connectivity index (χ2v) is 5.07. The number of rotatable bonds is 5. The Hall–Kier alpha value is -0.960. The fraction of sp³-hybridized carbons (Fsp3) is 0.571. The van der Waals surface area contributed by atoms with Gasteiger partial charge >= 0.3 is 0 Å². The van der Waals surface area contributed by atoms with Crippen LogP contribution in [0.5, 0.6) is 0 Å². The maximum Gasteiger partial charge on any atom is 0.129 e. The second-order valence-electron chi connectivity index (χ2n) is 5.07. The minimum Gasteiger partial charge on any atom is -0.317 e. The fourth-order valence-electron chi connectivity index (χ4n) is 1.89. The van der Waals surface area contributed by atoms with Gasteiger partial charge in [0.1, 0.15) is 11.6 Å². The lowest BCUT2D eigenvalue weighted by Crippen LogP contribution is -2.26. The minimum absolute atomic E-state index is 0.287. The number of hydrogen-bond acceptors (Lipinski definition) is 1. The highest BCUT2D eigenvalue weighted by Gasteiger charge is 2.24. The molecule has 1 aromatic carbocycles. The molecule has 0 heterocycles. The lowest BCUT2D eigenvalue weighted by molar-refractivity contribution is 0.433. The molecule has 96 valence electrons. The molecule has 0 radical (unpaired) electrons. The molecule has 0 aromatic heterocycles. The van der Waals surface area contributed by atoms with Crippen LogP contribution in [0.4, 0.5) is 8.78 Å². The van der Waals surface area contributed by atoms with E-state index in [2.05, 4.69) is 5.32 Å². The summed E-state index contributed by atoms with van der Waals surface area (Å²) in [5.74, 6) is -0.927. The van der Waals surface area contributed by atoms with Gasteiger partial charge < -0.3 is 5.32 Å². The Bertz CT molecular complexity index is 386. The van der Waals surface area contributed by atoms with Crippen molar-refractivity contribution in [2.75, 3.05) is 13.1 Å². The van der Waals surface area contributed by atoms with E-state index in [1.54, 1.807) is 13.0 Å². The molecule has 3 heteroatoms. The van der Waals surface area contributed by atoms with Gasteiger partial charge in [-0.05, 0) is 49.0 Å². The molecule has 0 bridgehead atoms. The van der Waals surface area contributed by atoms with Crippen LogP contribution in [0.15, 0.2) is 12.1 Å². The third-order valence-corrected chi connectivity index (χ3v) is 3.15. The van der Waals surface area contributed by atoms with Crippen LogP contribution in [-0.2, 0) is 5.41 Å². The first kappa shape index (κ1) is 14.1. The molecule has 17 heavy (non-hydrogen) atoms. The summed E-state index contributed by atoms with van der Waals surface area (Å²) in [5, 5.41) is 3.22. The van der Waals surface area contributed by atoms with E-state index in [9.17, 15) is 8.78 Å². The number of hydrogen-bond donors (Lipinski definition) is 1. The molecule has 0 aliphatic carbocycles. The Morgan fingerprint density at radius 3 is 2.41 bits per heavy atom. The summed E-state index contributed by atoms with van der Waals surface area (Å²) in [6.45, 7) is 9.41. The van der Waals surface area contributed by atoms with Gasteiger partial charge in [-0.25, -0.2) is 8.78 Å². The van der Waals surface area contributed by atoms with Crippen LogP contribution < -0.4 is 5.32 Å². The zero-order chi connectivity index (χ0) is 13.1. The molecule has 1 aromatic rings. The van der Waals surface area contributed by atoms with Crippen molar-refractivity contribution in [3.63, 3.8) is 0 Å². The molecule has 0 saturated heterocycles. The van der Waals surface area contributed by atoms with Crippen LogP contribution in [0.2, 0.25) is 0 Å². The van der Waals surface area contributed by atoms with Crippen molar-refractivity contribution < 1.29 is 8.78 Å². The van der Waals surface area contributed by atoms with Crippen LogP contribution in [0.25, 0.3) is 0 Å². The van der Waals surface area contributed by atoms with Crippen molar-refractivity contribution in [2.45, 2.75) is 39.5 Å². The predicted molar refractivity (Wildman–Crippen MR) is 67.3 cm³/mol. The van der Waals surface area contributed by atoms with E-state index in [0.717, 1.165) is 25.6 Å². The van der Waals surface area contributed by atoms with Gasteiger partial charge in [0.15, 0.2) is 0 Å². The number of aryl methyl sites for hydroxylation is 1. The zero-order valence-electron chi connectivity index (χ0n) is 11.0. The van der Waals surface area contributed by atoms with E-state index in [4.69, 9.17) is 0 Å². The molecule has 0 aliphatic heterocycles. The number of halogens is 2. The van der Waals surface area contributed by atoms with Crippen molar-refractivity contribution in [3.8, 4) is 0 Å². The lowest BCUT2D eigenvalue weighted by Gasteiger charge is -2.26. The smallest absolute Gasteiger partial charge is 0.129 e. The highest BCUT2D eigenvalue weighted by molar-refractivity contribution is 5.31. The lowest BCUT2D eigenvalue weighted by atomic mass is 9.80. The first-order chi connectivity index (χ1) is 7.88. The Morgan fingerprint density at radius 1 is 1.18 bits per heavy atom. The molecule has 0 unspecified atom stereocenters. The van der Waals surface area contributed by atoms with Gasteiger partial charge in [0.2, 0.25) is 0 Å². The average Bonchev–Trinajstić information content (AvgIpc) is 2.23. The molecule has 1 nitrogen and oxygen atoms in total. The Balaban J connectivity index is 2.93. The van der Waals surface area contributed by atoms with Crippen molar-refractivity contribution in [3.05, 3.63) is 34.9 Å². The first-order valence-electron chi connectivity index (χ1n) is 6.05. The van der Waals surface area contributed by atoms with E-state index in [0.29, 0.717) is 11.1 Å². The van der Waals surface area contributed by atoms with Crippen molar-refractivity contribution in [1.29, 1.82) is 0 Å². The van der Waals surface area contributed by atoms with Gasteiger partial charge in [-0.2, -0.15) is 0 Å². The summed E-state index contributed by atoms with van der Waals surface area (Å²) in [6, 6.07) is 2.61. The Morgan fingerprint density at radius 2 is 1.82 bits per heavy atom. The summed E-state index contributed by atoms with van der Waals surface area (Å²) >= 11 is 0. The van der Waals surface area contributed by atoms with Gasteiger partial charge in [-0.15, -0.1) is 0 Å². The Labute approximate surface area is 102 Å². The van der Waals surface area contributed by atoms with Gasteiger partial charge in [-0.3, -0.25) is 0 Å². The van der Waals surface area contributed by atoms with E-state index >= 15 is 0 Å². The third kappa shape index (κ3) is 3.50. The first-order valence-corrected chi connectivity index (χ1v) is 6.05. The molecular formula is C14H21F2N. The summed E-state index contributed by atoms with van der Waals surface area (Å²) in [6.07, 6.45) is 0.822. The van der Waals surface area contributed by atoms with E-state index in [1.807, 2.05) is 20.8 Å². The van der Waals surface area contributed by atoms with Crippen LogP contribution in [-0.4, -0.2) is 13.1 Å². The molecule has 0 atom stereocenters. The molecule has 1 N–H and O–H groups in total. The topological polar surface area (TPSA) is 12.0 Å². The molecule has 1 rings (SSSR count). The predicted octanol–water partition coefficient (Wildman–Crippen LogP) is 3.55. The third-order valence-electron chi connectivity index (χ3n) is 3.15. The minimum atomic E-state index is -0.478. The van der Waals surface area contributed by atoms with E-state index in [-0.39, 0.29) is 5.41 Å². The molecule has 0 fully saturated rings. The quantitative estimate of drug-likeness (QED) is 0.777. The Kier molecular flexibility index (Phi) is 4.63. The van der Waals surface area contributed by atoms with E-state index in [1.165, 1.54) is 0 Å². The van der Waals surface area contributed by atoms with Crippen LogP contribution in [0.3, 0.4) is 0 Å². The average molecular weight is 241 g/mol. The summed E-state index contributed by atoms with van der Waals surface area (Å²) < 4.78 is 27.0. The van der Waals surface area contributed by atoms with Gasteiger partial charge in [0, 0.05) is 6.07 Å². The molecule has 0 spiro atoms. The molecule has 0 amide bonds. The van der Waals surface area contributed by atoms with Crippen molar-refractivity contribution in [1.82, 2.24) is 5.32 Å². The fourth-order valence-corrected chi connectivity index (χ4v) is 1.89. The second kappa shape index (κ2) is 5.58. The number of benzene rings is 1. The van der Waals surface area contributed by atoms with Gasteiger partial charge in [0.05, 0.1) is 0 Å². The summed E-state index contributed by atoms with van der Waals surface area (Å²) in [7, 11) is 0. The SMILES string of the molecule is CCNCCC(C)(C)c1cc(C)c(F)cc1F. The summed E-state index contributed by atoms with van der Waals surface area (Å²) in [4.78, 5) is 0. The highest BCUT2D eigenvalue weighted by Crippen LogP contribution is 2.30. The van der Waals surface area contributed by atoms with E-state index < -0.39 is 11.6 Å².